The van der Waals surface area contributed by atoms with E-state index in [1.807, 2.05) is 0 Å². The first kappa shape index (κ1) is 22.1. The number of hydrogen-bond acceptors (Lipinski definition) is 5. The van der Waals surface area contributed by atoms with Crippen molar-refractivity contribution in [2.45, 2.75) is 29.3 Å². The zero-order chi connectivity index (χ0) is 21.9. The number of aliphatic hydroxyl groups excluding tert-OH is 1. The molecule has 10 heteroatoms. The summed E-state index contributed by atoms with van der Waals surface area (Å²) >= 11 is 0. The first-order valence-electron chi connectivity index (χ1n) is 9.13. The molecule has 3 rings (SSSR count). The van der Waals surface area contributed by atoms with E-state index in [0.29, 0.717) is 11.3 Å². The molecule has 0 radical (unpaired) electrons. The fraction of sp³-hybridized carbons (Fsp3) is 0.350. The molecule has 0 aliphatic carbocycles. The highest BCUT2D eigenvalue weighted by atomic mass is 32.2. The van der Waals surface area contributed by atoms with Gasteiger partial charge in [-0.15, -0.1) is 0 Å². The number of hydrogen-bond donors (Lipinski definition) is 1. The molecule has 1 N–H and O–H groups in total. The first-order chi connectivity index (χ1) is 14.1. The summed E-state index contributed by atoms with van der Waals surface area (Å²) in [5, 5.41) is 8.12. The molecule has 0 spiro atoms. The minimum atomic E-state index is -4.54. The number of sulfone groups is 1. The van der Waals surface area contributed by atoms with Gasteiger partial charge in [0.05, 0.1) is 22.3 Å². The van der Waals surface area contributed by atoms with E-state index in [-0.39, 0.29) is 43.5 Å². The van der Waals surface area contributed by atoms with E-state index in [1.165, 1.54) is 4.90 Å². The molecule has 2 aromatic rings. The molecule has 1 aliphatic heterocycles. The number of alkyl halides is 3. The van der Waals surface area contributed by atoms with Gasteiger partial charge >= 0.3 is 6.18 Å². The van der Waals surface area contributed by atoms with E-state index < -0.39 is 26.8 Å². The zero-order valence-electron chi connectivity index (χ0n) is 15.8. The van der Waals surface area contributed by atoms with E-state index >= 15 is 0 Å². The predicted molar refractivity (Wildman–Crippen MR) is 101 cm³/mol. The van der Waals surface area contributed by atoms with Crippen LogP contribution in [-0.2, 0) is 27.4 Å². The fourth-order valence-electron chi connectivity index (χ4n) is 3.16. The smallest absolute Gasteiger partial charge is 0.416 e. The van der Waals surface area contributed by atoms with Gasteiger partial charge in [-0.25, -0.2) is 8.42 Å². The largest absolute Gasteiger partial charge is 0.484 e. The van der Waals surface area contributed by atoms with Gasteiger partial charge in [0.15, 0.2) is 16.4 Å². The average molecular weight is 443 g/mol. The molecule has 1 aliphatic rings. The number of nitrogens with zero attached hydrogens (tertiary/aromatic N) is 1. The molecule has 1 amide bonds. The summed E-state index contributed by atoms with van der Waals surface area (Å²) in [5.74, 6) is 0.0556. The van der Waals surface area contributed by atoms with Crippen molar-refractivity contribution in [1.29, 1.82) is 0 Å². The fourth-order valence-corrected chi connectivity index (χ4v) is 4.85. The monoisotopic (exact) mass is 443 g/mol. The number of aliphatic hydroxyl groups is 1. The Hall–Kier alpha value is -2.59. The molecule has 162 valence electrons. The van der Waals surface area contributed by atoms with Crippen molar-refractivity contribution < 1.29 is 36.2 Å². The number of benzene rings is 2. The van der Waals surface area contributed by atoms with E-state index in [4.69, 9.17) is 9.84 Å². The zero-order valence-corrected chi connectivity index (χ0v) is 16.6. The molecular formula is C20H20F3NO5S. The summed E-state index contributed by atoms with van der Waals surface area (Å²) < 4.78 is 68.9. The van der Waals surface area contributed by atoms with Gasteiger partial charge in [0, 0.05) is 13.1 Å². The highest BCUT2D eigenvalue weighted by molar-refractivity contribution is 7.92. The predicted octanol–water partition coefficient (Wildman–Crippen LogP) is 2.65. The number of amides is 1. The second-order valence-corrected chi connectivity index (χ2v) is 9.14. The number of likely N-dealkylation sites (tertiary alicyclic amines) is 1. The molecular weight excluding hydrogens is 423 g/mol. The van der Waals surface area contributed by atoms with Gasteiger partial charge in [0.1, 0.15) is 5.75 Å². The van der Waals surface area contributed by atoms with E-state index in [9.17, 15) is 26.4 Å². The number of halogens is 3. The number of carbonyl (C=O) groups is 1. The van der Waals surface area contributed by atoms with Gasteiger partial charge in [0.25, 0.3) is 5.91 Å². The van der Waals surface area contributed by atoms with Gasteiger partial charge in [-0.1, -0.05) is 12.1 Å². The van der Waals surface area contributed by atoms with Crippen LogP contribution in [0.4, 0.5) is 13.2 Å². The third-order valence-corrected chi connectivity index (χ3v) is 7.11. The van der Waals surface area contributed by atoms with Crippen molar-refractivity contribution in [3.63, 3.8) is 0 Å². The topological polar surface area (TPSA) is 83.9 Å². The lowest BCUT2D eigenvalue weighted by Gasteiger charge is -2.17. The summed E-state index contributed by atoms with van der Waals surface area (Å²) in [7, 11) is -3.87. The van der Waals surface area contributed by atoms with Crippen LogP contribution in [0, 0.1) is 0 Å². The maximum absolute atomic E-state index is 12.7. The molecule has 1 unspecified atom stereocenters. The minimum absolute atomic E-state index is 0.0466. The molecule has 30 heavy (non-hydrogen) atoms. The Morgan fingerprint density at radius 3 is 2.30 bits per heavy atom. The van der Waals surface area contributed by atoms with Crippen LogP contribution in [0.2, 0.25) is 0 Å². The Morgan fingerprint density at radius 2 is 1.73 bits per heavy atom. The molecule has 1 atom stereocenters. The summed E-state index contributed by atoms with van der Waals surface area (Å²) in [6.07, 6.45) is -4.35. The van der Waals surface area contributed by atoms with Crippen LogP contribution >= 0.6 is 0 Å². The van der Waals surface area contributed by atoms with Crippen LogP contribution in [-0.4, -0.2) is 49.3 Å². The Bertz CT molecular complexity index is 989. The van der Waals surface area contributed by atoms with Crippen molar-refractivity contribution in [3.8, 4) is 5.75 Å². The van der Waals surface area contributed by atoms with Crippen LogP contribution in [0.15, 0.2) is 53.4 Å². The minimum Gasteiger partial charge on any atom is -0.484 e. The number of carbonyl (C=O) groups excluding carboxylic acids is 1. The summed E-state index contributed by atoms with van der Waals surface area (Å²) in [4.78, 5) is 13.5. The van der Waals surface area contributed by atoms with Crippen molar-refractivity contribution >= 4 is 15.7 Å². The normalized spacial score (nSPS) is 17.2. The third kappa shape index (κ3) is 4.93. The van der Waals surface area contributed by atoms with E-state index in [0.717, 1.165) is 24.3 Å². The molecule has 2 aromatic carbocycles. The van der Waals surface area contributed by atoms with Gasteiger partial charge in [-0.2, -0.15) is 13.2 Å². The van der Waals surface area contributed by atoms with Gasteiger partial charge < -0.3 is 14.7 Å². The first-order valence-corrected chi connectivity index (χ1v) is 10.7. The SMILES string of the molecule is O=C(COc1ccc(CO)cc1)N1CCC(S(=O)(=O)c2ccc(C(F)(F)F)cc2)C1. The summed E-state index contributed by atoms with van der Waals surface area (Å²) in [6, 6.07) is 9.90. The molecule has 1 fully saturated rings. The van der Waals surface area contributed by atoms with E-state index in [1.54, 1.807) is 24.3 Å². The van der Waals surface area contributed by atoms with Crippen molar-refractivity contribution in [3.05, 3.63) is 59.7 Å². The lowest BCUT2D eigenvalue weighted by molar-refractivity contribution is -0.137. The summed E-state index contributed by atoms with van der Waals surface area (Å²) in [5.41, 5.74) is -0.224. The molecule has 6 nitrogen and oxygen atoms in total. The highest BCUT2D eigenvalue weighted by Crippen LogP contribution is 2.31. The Labute approximate surface area is 171 Å². The van der Waals surface area contributed by atoms with Crippen LogP contribution in [0.3, 0.4) is 0 Å². The molecule has 1 heterocycles. The summed E-state index contributed by atoms with van der Waals surface area (Å²) in [6.45, 7) is -0.210. The number of ether oxygens (including phenoxy) is 1. The third-order valence-electron chi connectivity index (χ3n) is 4.91. The van der Waals surface area contributed by atoms with Gasteiger partial charge in [0.2, 0.25) is 0 Å². The number of rotatable bonds is 6. The average Bonchev–Trinajstić information content (AvgIpc) is 3.23. The maximum atomic E-state index is 12.7. The maximum Gasteiger partial charge on any atom is 0.416 e. The van der Waals surface area contributed by atoms with Gasteiger partial charge in [-0.3, -0.25) is 4.79 Å². The molecule has 0 bridgehead atoms. The van der Waals surface area contributed by atoms with Crippen LogP contribution in [0.25, 0.3) is 0 Å². The molecule has 0 aromatic heterocycles. The lowest BCUT2D eigenvalue weighted by Crippen LogP contribution is -2.35. The second kappa shape index (κ2) is 8.65. The molecule has 0 saturated carbocycles. The molecule has 1 saturated heterocycles. The van der Waals surface area contributed by atoms with Crippen molar-refractivity contribution in [1.82, 2.24) is 4.90 Å². The van der Waals surface area contributed by atoms with Crippen molar-refractivity contribution in [2.24, 2.45) is 0 Å². The lowest BCUT2D eigenvalue weighted by atomic mass is 10.2. The van der Waals surface area contributed by atoms with E-state index in [2.05, 4.69) is 0 Å². The standard InChI is InChI=1S/C20H20F3NO5S/c21-20(22,23)15-3-7-17(8-4-15)30(27,28)18-9-10-24(11-18)19(26)13-29-16-5-1-14(12-25)2-6-16/h1-8,18,25H,9-13H2. The Balaban J connectivity index is 1.59. The van der Waals surface area contributed by atoms with Crippen LogP contribution in [0.5, 0.6) is 5.75 Å². The quantitative estimate of drug-likeness (QED) is 0.742. The Morgan fingerprint density at radius 1 is 1.10 bits per heavy atom. The second-order valence-electron chi connectivity index (χ2n) is 6.91. The van der Waals surface area contributed by atoms with Crippen molar-refractivity contribution in [2.75, 3.05) is 19.7 Å². The van der Waals surface area contributed by atoms with Gasteiger partial charge in [-0.05, 0) is 48.4 Å². The highest BCUT2D eigenvalue weighted by Gasteiger charge is 2.37. The van der Waals surface area contributed by atoms with Crippen LogP contribution < -0.4 is 4.74 Å². The Kier molecular flexibility index (Phi) is 6.37. The van der Waals surface area contributed by atoms with Crippen LogP contribution in [0.1, 0.15) is 17.5 Å².